The molecular formula is C18H16N4O5S. The van der Waals surface area contributed by atoms with Gasteiger partial charge < -0.3 is 31.4 Å². The predicted octanol–water partition coefficient (Wildman–Crippen LogP) is 1.19. The third-order valence-electron chi connectivity index (χ3n) is 4.67. The van der Waals surface area contributed by atoms with Crippen LogP contribution < -0.4 is 21.5 Å². The van der Waals surface area contributed by atoms with Crippen molar-refractivity contribution in [2.45, 2.75) is 5.72 Å². The lowest BCUT2D eigenvalue weighted by Gasteiger charge is -2.25. The topological polar surface area (TPSA) is 150 Å². The van der Waals surface area contributed by atoms with E-state index in [0.717, 1.165) is 11.3 Å². The zero-order valence-corrected chi connectivity index (χ0v) is 15.7. The zero-order valence-electron chi connectivity index (χ0n) is 14.9. The number of methoxy groups -OCH3 is 2. The van der Waals surface area contributed by atoms with Crippen LogP contribution in [0.5, 0.6) is 5.75 Å². The maximum absolute atomic E-state index is 12.6. The Morgan fingerprint density at radius 2 is 1.93 bits per heavy atom. The van der Waals surface area contributed by atoms with Crippen LogP contribution in [0, 0.1) is 0 Å². The molecule has 0 saturated heterocycles. The minimum Gasteiger partial charge on any atom is -0.497 e. The Bertz CT molecular complexity index is 1140. The number of nitrogens with one attached hydrogen (secondary N) is 1. The molecule has 10 heteroatoms. The molecular weight excluding hydrogens is 384 g/mol. The quantitative estimate of drug-likeness (QED) is 0.479. The van der Waals surface area contributed by atoms with Gasteiger partial charge in [-0.25, -0.2) is 9.78 Å². The van der Waals surface area contributed by atoms with Gasteiger partial charge in [0.2, 0.25) is 0 Å². The Morgan fingerprint density at radius 3 is 2.54 bits per heavy atom. The van der Waals surface area contributed by atoms with E-state index in [9.17, 15) is 14.7 Å². The monoisotopic (exact) mass is 400 g/mol. The second kappa shape index (κ2) is 6.08. The van der Waals surface area contributed by atoms with E-state index in [1.165, 1.54) is 14.2 Å². The van der Waals surface area contributed by atoms with Gasteiger partial charge in [0, 0.05) is 16.5 Å². The van der Waals surface area contributed by atoms with E-state index in [0.29, 0.717) is 16.1 Å². The Hall–Kier alpha value is -3.37. The average Bonchev–Trinajstić information content (AvgIpc) is 3.16. The molecule has 3 heterocycles. The van der Waals surface area contributed by atoms with Crippen LogP contribution in [-0.4, -0.2) is 36.2 Å². The molecule has 0 saturated carbocycles. The fourth-order valence-corrected chi connectivity index (χ4v) is 4.37. The van der Waals surface area contributed by atoms with Gasteiger partial charge in [0.05, 0.1) is 25.5 Å². The number of anilines is 2. The summed E-state index contributed by atoms with van der Waals surface area (Å²) >= 11 is 0.979. The summed E-state index contributed by atoms with van der Waals surface area (Å²) in [5.41, 5.74) is 10.9. The van der Waals surface area contributed by atoms with Crippen LogP contribution in [0.2, 0.25) is 0 Å². The molecule has 28 heavy (non-hydrogen) atoms. The first-order valence-corrected chi connectivity index (χ1v) is 8.93. The van der Waals surface area contributed by atoms with Crippen molar-refractivity contribution in [2.75, 3.05) is 25.7 Å². The number of pyridine rings is 1. The number of nitrogens with two attached hydrogens (primary N) is 2. The molecule has 1 unspecified atom stereocenters. The summed E-state index contributed by atoms with van der Waals surface area (Å²) in [4.78, 5) is 29.3. The molecule has 3 aromatic rings. The van der Waals surface area contributed by atoms with Crippen molar-refractivity contribution in [1.82, 2.24) is 10.3 Å². The van der Waals surface area contributed by atoms with Crippen molar-refractivity contribution in [1.29, 1.82) is 0 Å². The summed E-state index contributed by atoms with van der Waals surface area (Å²) in [6.45, 7) is 0. The van der Waals surface area contributed by atoms with Gasteiger partial charge in [0.1, 0.15) is 21.3 Å². The summed E-state index contributed by atoms with van der Waals surface area (Å²) in [5, 5.41) is 14.3. The van der Waals surface area contributed by atoms with E-state index >= 15 is 0 Å². The van der Waals surface area contributed by atoms with E-state index in [-0.39, 0.29) is 32.9 Å². The van der Waals surface area contributed by atoms with Crippen molar-refractivity contribution >= 4 is 44.9 Å². The van der Waals surface area contributed by atoms with Gasteiger partial charge in [-0.05, 0) is 12.1 Å². The number of carbonyl (C=O) groups excluding carboxylic acids is 2. The van der Waals surface area contributed by atoms with Crippen LogP contribution in [0.1, 0.15) is 31.2 Å². The van der Waals surface area contributed by atoms with Crippen molar-refractivity contribution in [2.24, 2.45) is 0 Å². The van der Waals surface area contributed by atoms with E-state index in [2.05, 4.69) is 10.3 Å². The van der Waals surface area contributed by atoms with Crippen LogP contribution in [0.15, 0.2) is 24.3 Å². The molecule has 1 atom stereocenters. The Labute approximate surface area is 162 Å². The number of ether oxygens (including phenoxy) is 2. The van der Waals surface area contributed by atoms with Crippen LogP contribution >= 0.6 is 11.3 Å². The third-order valence-corrected chi connectivity index (χ3v) is 5.75. The van der Waals surface area contributed by atoms with Gasteiger partial charge in [0.15, 0.2) is 5.72 Å². The van der Waals surface area contributed by atoms with E-state index in [4.69, 9.17) is 20.9 Å². The molecule has 2 aromatic heterocycles. The minimum absolute atomic E-state index is 0.0201. The second-order valence-corrected chi connectivity index (χ2v) is 7.16. The number of amides is 1. The smallest absolute Gasteiger partial charge is 0.350 e. The van der Waals surface area contributed by atoms with Gasteiger partial charge in [-0.2, -0.15) is 0 Å². The molecule has 1 aliphatic rings. The number of fused-ring (bicyclic) bond motifs is 3. The standard InChI is InChI=1S/C18H16N4O5S/c1-26-8-5-3-7(4-6-8)18(25)11-9-12(19)13(17(24)27-2)28-16(9)21-14(20)10(11)15(23)22-18/h3-6,25H,19H2,1-2H3,(H2,20,21)(H,22,23). The molecule has 4 rings (SSSR count). The van der Waals surface area contributed by atoms with Crippen LogP contribution in [-0.2, 0) is 10.5 Å². The SMILES string of the molecule is COC(=O)c1sc2nc(N)c3c(c2c1N)C(O)(c1ccc(OC)cc1)NC3=O. The number of nitrogen functional groups attached to an aromatic ring is 2. The molecule has 1 aromatic carbocycles. The zero-order chi connectivity index (χ0) is 20.2. The van der Waals surface area contributed by atoms with Crippen LogP contribution in [0.4, 0.5) is 11.5 Å². The third kappa shape index (κ3) is 2.31. The summed E-state index contributed by atoms with van der Waals surface area (Å²) in [5.74, 6) is -0.718. The molecule has 0 fully saturated rings. The lowest BCUT2D eigenvalue weighted by Crippen LogP contribution is -2.40. The fraction of sp³-hybridized carbons (Fsp3) is 0.167. The Kier molecular flexibility index (Phi) is 3.91. The fourth-order valence-electron chi connectivity index (χ4n) is 3.34. The largest absolute Gasteiger partial charge is 0.497 e. The van der Waals surface area contributed by atoms with Crippen molar-refractivity contribution < 1.29 is 24.2 Å². The average molecular weight is 400 g/mol. The van der Waals surface area contributed by atoms with E-state index in [1.54, 1.807) is 24.3 Å². The number of carbonyl (C=O) groups is 2. The number of thiophene rings is 1. The first-order valence-electron chi connectivity index (χ1n) is 8.11. The number of nitrogens with zero attached hydrogens (tertiary/aromatic N) is 1. The molecule has 1 aliphatic heterocycles. The highest BCUT2D eigenvalue weighted by molar-refractivity contribution is 7.21. The minimum atomic E-state index is -1.91. The Morgan fingerprint density at radius 1 is 1.25 bits per heavy atom. The molecule has 0 bridgehead atoms. The first-order chi connectivity index (χ1) is 13.3. The number of aliphatic hydroxyl groups is 1. The van der Waals surface area contributed by atoms with Gasteiger partial charge in [0.25, 0.3) is 5.91 Å². The first kappa shape index (κ1) is 18.0. The van der Waals surface area contributed by atoms with Crippen molar-refractivity contribution in [3.05, 3.63) is 45.8 Å². The molecule has 9 nitrogen and oxygen atoms in total. The van der Waals surface area contributed by atoms with Gasteiger partial charge in [-0.15, -0.1) is 11.3 Å². The lowest BCUT2D eigenvalue weighted by atomic mass is 9.92. The van der Waals surface area contributed by atoms with Crippen molar-refractivity contribution in [3.8, 4) is 5.75 Å². The van der Waals surface area contributed by atoms with Crippen molar-refractivity contribution in [3.63, 3.8) is 0 Å². The molecule has 144 valence electrons. The van der Waals surface area contributed by atoms with Gasteiger partial charge >= 0.3 is 5.97 Å². The highest BCUT2D eigenvalue weighted by Crippen LogP contribution is 2.46. The number of aromatic nitrogens is 1. The number of rotatable bonds is 3. The van der Waals surface area contributed by atoms with Crippen LogP contribution in [0.3, 0.4) is 0 Å². The Balaban J connectivity index is 2.05. The maximum atomic E-state index is 12.6. The molecule has 6 N–H and O–H groups in total. The second-order valence-electron chi connectivity index (χ2n) is 6.16. The summed E-state index contributed by atoms with van der Waals surface area (Å²) in [6, 6.07) is 6.52. The van der Waals surface area contributed by atoms with E-state index < -0.39 is 17.6 Å². The summed E-state index contributed by atoms with van der Waals surface area (Å²) < 4.78 is 9.89. The van der Waals surface area contributed by atoms with Gasteiger partial charge in [-0.1, -0.05) is 12.1 Å². The van der Waals surface area contributed by atoms with Crippen LogP contribution in [0.25, 0.3) is 10.2 Å². The predicted molar refractivity (Wildman–Crippen MR) is 103 cm³/mol. The highest BCUT2D eigenvalue weighted by atomic mass is 32.1. The molecule has 0 spiro atoms. The molecule has 1 amide bonds. The number of benzene rings is 1. The summed E-state index contributed by atoms with van der Waals surface area (Å²) in [6.07, 6.45) is 0. The normalized spacial score (nSPS) is 18.0. The molecule has 0 radical (unpaired) electrons. The molecule has 0 aliphatic carbocycles. The number of hydrogen-bond acceptors (Lipinski definition) is 9. The number of hydrogen-bond donors (Lipinski definition) is 4. The van der Waals surface area contributed by atoms with E-state index in [1.807, 2.05) is 0 Å². The number of esters is 1. The summed E-state index contributed by atoms with van der Waals surface area (Å²) in [7, 11) is 2.75. The highest BCUT2D eigenvalue weighted by Gasteiger charge is 2.47. The van der Waals surface area contributed by atoms with Gasteiger partial charge in [-0.3, -0.25) is 4.79 Å². The maximum Gasteiger partial charge on any atom is 0.350 e. The lowest BCUT2D eigenvalue weighted by molar-refractivity contribution is 0.0483.